The Morgan fingerprint density at radius 2 is 2.04 bits per heavy atom. The first-order valence-electron chi connectivity index (χ1n) is 7.17. The number of aryl methyl sites for hydroxylation is 2. The van der Waals surface area contributed by atoms with E-state index in [1.807, 2.05) is 6.92 Å². The predicted octanol–water partition coefficient (Wildman–Crippen LogP) is 1.55. The van der Waals surface area contributed by atoms with Crippen LogP contribution in [0.1, 0.15) is 21.7 Å². The quantitative estimate of drug-likeness (QED) is 0.805. The minimum Gasteiger partial charge on any atom is -0.507 e. The number of nitrogens with one attached hydrogen (secondary N) is 1. The van der Waals surface area contributed by atoms with Crippen LogP contribution in [-0.2, 0) is 16.6 Å². The maximum Gasteiger partial charge on any atom is 0.342 e. The molecule has 8 heteroatoms. The average Bonchev–Trinajstić information content (AvgIpc) is 2.78. The molecule has 0 aliphatic rings. The molecule has 1 aromatic heterocycles. The first kappa shape index (κ1) is 17.3. The normalized spacial score (nSPS) is 10.3. The number of amides is 1. The monoisotopic (exact) mass is 333 g/mol. The highest BCUT2D eigenvalue weighted by Crippen LogP contribution is 2.24. The van der Waals surface area contributed by atoms with Crippen molar-refractivity contribution in [3.8, 4) is 11.5 Å². The van der Waals surface area contributed by atoms with Gasteiger partial charge in [0.05, 0.1) is 24.2 Å². The van der Waals surface area contributed by atoms with Crippen LogP contribution < -0.4 is 10.1 Å². The van der Waals surface area contributed by atoms with Crippen molar-refractivity contribution >= 4 is 17.6 Å². The number of hydrogen-bond acceptors (Lipinski definition) is 6. The Morgan fingerprint density at radius 1 is 1.33 bits per heavy atom. The van der Waals surface area contributed by atoms with Crippen molar-refractivity contribution in [2.45, 2.75) is 13.8 Å². The number of carbonyl (C=O) groups is 2. The van der Waals surface area contributed by atoms with Crippen LogP contribution in [-0.4, -0.2) is 40.5 Å². The fraction of sp³-hybridized carbons (Fsp3) is 0.312. The van der Waals surface area contributed by atoms with Crippen LogP contribution >= 0.6 is 0 Å². The van der Waals surface area contributed by atoms with Gasteiger partial charge in [0.1, 0.15) is 17.1 Å². The van der Waals surface area contributed by atoms with Gasteiger partial charge >= 0.3 is 5.97 Å². The number of esters is 1. The van der Waals surface area contributed by atoms with Gasteiger partial charge < -0.3 is 19.9 Å². The van der Waals surface area contributed by atoms with Crippen molar-refractivity contribution in [2.75, 3.05) is 19.0 Å². The van der Waals surface area contributed by atoms with Crippen LogP contribution in [0.25, 0.3) is 0 Å². The predicted molar refractivity (Wildman–Crippen MR) is 86.3 cm³/mol. The summed E-state index contributed by atoms with van der Waals surface area (Å²) in [5, 5.41) is 16.6. The highest BCUT2D eigenvalue weighted by atomic mass is 16.5. The number of nitrogens with zero attached hydrogens (tertiary/aromatic N) is 2. The summed E-state index contributed by atoms with van der Waals surface area (Å²) in [7, 11) is 3.21. The summed E-state index contributed by atoms with van der Waals surface area (Å²) < 4.78 is 11.5. The molecule has 2 rings (SSSR count). The second-order valence-electron chi connectivity index (χ2n) is 5.18. The third-order valence-corrected chi connectivity index (χ3v) is 3.53. The molecule has 0 aliphatic carbocycles. The van der Waals surface area contributed by atoms with Gasteiger partial charge in [-0.3, -0.25) is 9.48 Å². The Hall–Kier alpha value is -3.03. The summed E-state index contributed by atoms with van der Waals surface area (Å²) in [5.74, 6) is -1.16. The van der Waals surface area contributed by atoms with E-state index in [1.54, 1.807) is 18.7 Å². The van der Waals surface area contributed by atoms with Crippen LogP contribution in [0.2, 0.25) is 0 Å². The standard InChI is InChI=1S/C16H19N3O5/c1-9-15(10(2)19(3)18-9)17-14(21)8-24-16(22)12-6-5-11(23-4)7-13(12)20/h5-7,20H,8H2,1-4H3,(H,17,21). The molecule has 24 heavy (non-hydrogen) atoms. The molecule has 1 heterocycles. The maximum atomic E-state index is 11.9. The zero-order valence-electron chi connectivity index (χ0n) is 13.9. The molecular formula is C16H19N3O5. The van der Waals surface area contributed by atoms with Gasteiger partial charge in [0, 0.05) is 13.1 Å². The molecule has 2 aromatic rings. The molecule has 0 fully saturated rings. The minimum atomic E-state index is -0.801. The molecule has 0 spiro atoms. The van der Waals surface area contributed by atoms with Crippen molar-refractivity contribution in [3.05, 3.63) is 35.2 Å². The largest absolute Gasteiger partial charge is 0.507 e. The van der Waals surface area contributed by atoms with Crippen LogP contribution in [0.4, 0.5) is 5.69 Å². The maximum absolute atomic E-state index is 11.9. The molecule has 8 nitrogen and oxygen atoms in total. The van der Waals surface area contributed by atoms with Gasteiger partial charge in [-0.15, -0.1) is 0 Å². The smallest absolute Gasteiger partial charge is 0.342 e. The molecule has 0 atom stereocenters. The molecule has 0 bridgehead atoms. The number of rotatable bonds is 5. The lowest BCUT2D eigenvalue weighted by molar-refractivity contribution is -0.119. The number of carbonyl (C=O) groups excluding carboxylic acids is 2. The summed E-state index contributed by atoms with van der Waals surface area (Å²) in [4.78, 5) is 23.9. The van der Waals surface area contributed by atoms with E-state index >= 15 is 0 Å². The van der Waals surface area contributed by atoms with E-state index in [9.17, 15) is 14.7 Å². The number of benzene rings is 1. The van der Waals surface area contributed by atoms with Crippen molar-refractivity contribution in [2.24, 2.45) is 7.05 Å². The fourth-order valence-electron chi connectivity index (χ4n) is 2.15. The Morgan fingerprint density at radius 3 is 2.58 bits per heavy atom. The van der Waals surface area contributed by atoms with Crippen LogP contribution in [0.15, 0.2) is 18.2 Å². The summed E-state index contributed by atoms with van der Waals surface area (Å²) in [6.45, 7) is 3.11. The van der Waals surface area contributed by atoms with Gasteiger partial charge in [-0.1, -0.05) is 0 Å². The number of anilines is 1. The summed E-state index contributed by atoms with van der Waals surface area (Å²) in [6, 6.07) is 4.17. The molecular weight excluding hydrogens is 314 g/mol. The third-order valence-electron chi connectivity index (χ3n) is 3.53. The van der Waals surface area contributed by atoms with Gasteiger partial charge in [-0.05, 0) is 26.0 Å². The average molecular weight is 333 g/mol. The van der Waals surface area contributed by atoms with Crippen molar-refractivity contribution < 1.29 is 24.2 Å². The Kier molecular flexibility index (Phi) is 5.08. The summed E-state index contributed by atoms with van der Waals surface area (Å²) in [6.07, 6.45) is 0. The van der Waals surface area contributed by atoms with E-state index < -0.39 is 18.5 Å². The Balaban J connectivity index is 1.97. The number of phenols is 1. The first-order valence-corrected chi connectivity index (χ1v) is 7.17. The molecule has 1 aromatic carbocycles. The fourth-order valence-corrected chi connectivity index (χ4v) is 2.15. The number of phenolic OH excluding ortho intramolecular Hbond substituents is 1. The summed E-state index contributed by atoms with van der Waals surface area (Å²) >= 11 is 0. The third kappa shape index (κ3) is 3.65. The van der Waals surface area contributed by atoms with E-state index in [1.165, 1.54) is 25.3 Å². The van der Waals surface area contributed by atoms with Crippen molar-refractivity contribution in [1.29, 1.82) is 0 Å². The van der Waals surface area contributed by atoms with Gasteiger partial charge in [0.15, 0.2) is 6.61 Å². The summed E-state index contributed by atoms with van der Waals surface area (Å²) in [5.41, 5.74) is 2.01. The van der Waals surface area contributed by atoms with E-state index in [-0.39, 0.29) is 11.3 Å². The highest BCUT2D eigenvalue weighted by Gasteiger charge is 2.17. The molecule has 128 valence electrons. The molecule has 0 radical (unpaired) electrons. The number of ether oxygens (including phenoxy) is 2. The Bertz CT molecular complexity index is 782. The molecule has 0 unspecified atom stereocenters. The number of aromatic hydroxyl groups is 1. The molecule has 2 N–H and O–H groups in total. The van der Waals surface area contributed by atoms with Crippen LogP contribution in [0, 0.1) is 13.8 Å². The first-order chi connectivity index (χ1) is 11.3. The van der Waals surface area contributed by atoms with Crippen LogP contribution in [0.3, 0.4) is 0 Å². The highest BCUT2D eigenvalue weighted by molar-refractivity contribution is 5.97. The van der Waals surface area contributed by atoms with Crippen molar-refractivity contribution in [3.63, 3.8) is 0 Å². The van der Waals surface area contributed by atoms with Gasteiger partial charge in [0.25, 0.3) is 5.91 Å². The topological polar surface area (TPSA) is 103 Å². The Labute approximate surface area is 139 Å². The minimum absolute atomic E-state index is 0.0441. The molecule has 0 saturated heterocycles. The van der Waals surface area contributed by atoms with Gasteiger partial charge in [0.2, 0.25) is 0 Å². The van der Waals surface area contributed by atoms with E-state index in [0.29, 0.717) is 17.1 Å². The van der Waals surface area contributed by atoms with Crippen molar-refractivity contribution in [1.82, 2.24) is 9.78 Å². The van der Waals surface area contributed by atoms with E-state index in [4.69, 9.17) is 9.47 Å². The van der Waals surface area contributed by atoms with Crippen LogP contribution in [0.5, 0.6) is 11.5 Å². The zero-order chi connectivity index (χ0) is 17.9. The number of aromatic nitrogens is 2. The zero-order valence-corrected chi connectivity index (χ0v) is 13.9. The second-order valence-corrected chi connectivity index (χ2v) is 5.18. The van der Waals surface area contributed by atoms with Gasteiger partial charge in [-0.25, -0.2) is 4.79 Å². The lowest BCUT2D eigenvalue weighted by Crippen LogP contribution is -2.21. The molecule has 0 saturated carbocycles. The SMILES string of the molecule is COc1ccc(C(=O)OCC(=O)Nc2c(C)nn(C)c2C)c(O)c1. The molecule has 1 amide bonds. The molecule has 0 aliphatic heterocycles. The second kappa shape index (κ2) is 7.03. The number of methoxy groups -OCH3 is 1. The van der Waals surface area contributed by atoms with E-state index in [0.717, 1.165) is 5.69 Å². The lowest BCUT2D eigenvalue weighted by atomic mass is 10.2. The lowest BCUT2D eigenvalue weighted by Gasteiger charge is -2.08. The van der Waals surface area contributed by atoms with E-state index in [2.05, 4.69) is 10.4 Å². The number of hydrogen-bond donors (Lipinski definition) is 2. The van der Waals surface area contributed by atoms with Gasteiger partial charge in [-0.2, -0.15) is 5.10 Å².